The normalized spacial score (nSPS) is 42.8. The highest BCUT2D eigenvalue weighted by Crippen LogP contribution is 2.63. The number of rotatable bonds is 4. The highest BCUT2D eigenvalue weighted by molar-refractivity contribution is 5.43. The van der Waals surface area contributed by atoms with Crippen LogP contribution in [-0.2, 0) is 14.2 Å². The summed E-state index contributed by atoms with van der Waals surface area (Å²) < 4.78 is 24.6. The molecular weight excluding hydrogens is 412 g/mol. The first-order valence-electron chi connectivity index (χ1n) is 13.8. The van der Waals surface area contributed by atoms with Crippen molar-refractivity contribution >= 4 is 0 Å². The molecule has 0 bridgehead atoms. The lowest BCUT2D eigenvalue weighted by molar-refractivity contribution is -0.213. The predicted molar refractivity (Wildman–Crippen MR) is 128 cm³/mol. The Kier molecular flexibility index (Phi) is 6.21. The smallest absolute Gasteiger partial charge is 0.199 e. The minimum absolute atomic E-state index is 0.0367. The molecule has 2 heterocycles. The standard InChI is InChI=1S/C29H42O4/c1-19-17-24-22(21-10-9-20(18-23(19)21)32-27-7-3-5-15-30-27)13-14-29(2)25(24)11-12-26(29)33-28-8-4-6-16-31-28/h9-10,18-19,22,24-28H,3-8,11-17H2,1-2H3/t19-,22?,24?,25?,26?,27?,28?,29-/m0/s1. The molecule has 6 unspecified atom stereocenters. The molecule has 0 spiro atoms. The van der Waals surface area contributed by atoms with Crippen LogP contribution < -0.4 is 4.74 Å². The second-order valence-corrected chi connectivity index (χ2v) is 11.8. The van der Waals surface area contributed by atoms with E-state index in [1.807, 2.05) is 0 Å². The Labute approximate surface area is 199 Å². The zero-order valence-electron chi connectivity index (χ0n) is 20.6. The molecule has 0 aromatic heterocycles. The van der Waals surface area contributed by atoms with Gasteiger partial charge in [-0.25, -0.2) is 0 Å². The quantitative estimate of drug-likeness (QED) is 0.495. The maximum atomic E-state index is 6.64. The molecule has 1 aromatic carbocycles. The van der Waals surface area contributed by atoms with Crippen LogP contribution in [0.3, 0.4) is 0 Å². The van der Waals surface area contributed by atoms with Crippen LogP contribution in [0.4, 0.5) is 0 Å². The van der Waals surface area contributed by atoms with E-state index in [0.717, 1.165) is 50.1 Å². The third-order valence-electron chi connectivity index (χ3n) is 9.82. The van der Waals surface area contributed by atoms with Crippen LogP contribution in [-0.4, -0.2) is 31.9 Å². The van der Waals surface area contributed by atoms with Gasteiger partial charge in [0.1, 0.15) is 5.75 Å². The fraction of sp³-hybridized carbons (Fsp3) is 0.793. The van der Waals surface area contributed by atoms with Crippen molar-refractivity contribution in [3.05, 3.63) is 29.3 Å². The monoisotopic (exact) mass is 454 g/mol. The largest absolute Gasteiger partial charge is 0.465 e. The fourth-order valence-electron chi connectivity index (χ4n) is 8.06. The van der Waals surface area contributed by atoms with E-state index in [-0.39, 0.29) is 12.6 Å². The molecule has 2 saturated heterocycles. The van der Waals surface area contributed by atoms with Crippen LogP contribution in [0, 0.1) is 17.3 Å². The van der Waals surface area contributed by atoms with E-state index in [9.17, 15) is 0 Å². The van der Waals surface area contributed by atoms with Gasteiger partial charge in [-0.15, -0.1) is 0 Å². The van der Waals surface area contributed by atoms with Gasteiger partial charge in [-0.2, -0.15) is 0 Å². The molecule has 0 N–H and O–H groups in total. The molecule has 2 saturated carbocycles. The van der Waals surface area contributed by atoms with Crippen molar-refractivity contribution in [2.75, 3.05) is 13.2 Å². The van der Waals surface area contributed by atoms with Gasteiger partial charge in [0.25, 0.3) is 0 Å². The Morgan fingerprint density at radius 1 is 0.879 bits per heavy atom. The second-order valence-electron chi connectivity index (χ2n) is 11.8. The van der Waals surface area contributed by atoms with Gasteiger partial charge in [-0.3, -0.25) is 0 Å². The van der Waals surface area contributed by atoms with E-state index in [1.165, 1.54) is 56.9 Å². The maximum Gasteiger partial charge on any atom is 0.199 e. The maximum absolute atomic E-state index is 6.64. The summed E-state index contributed by atoms with van der Waals surface area (Å²) in [5, 5.41) is 0. The molecule has 0 amide bonds. The molecule has 6 rings (SSSR count). The average molecular weight is 455 g/mol. The first-order valence-corrected chi connectivity index (χ1v) is 13.8. The lowest BCUT2D eigenvalue weighted by atomic mass is 9.54. The SMILES string of the molecule is C[C@H]1CC2C(CC[C@]3(C)C(OC4CCCCO4)CCC23)c2ccc(OC3CCCCO3)cc21. The third kappa shape index (κ3) is 4.15. The molecule has 4 heteroatoms. The topological polar surface area (TPSA) is 36.9 Å². The summed E-state index contributed by atoms with van der Waals surface area (Å²) in [6.45, 7) is 6.67. The molecule has 182 valence electrons. The number of hydrogen-bond donors (Lipinski definition) is 0. The van der Waals surface area contributed by atoms with E-state index < -0.39 is 0 Å². The van der Waals surface area contributed by atoms with Crippen LogP contribution in [0.1, 0.15) is 107 Å². The van der Waals surface area contributed by atoms with Crippen LogP contribution in [0.25, 0.3) is 0 Å². The first-order chi connectivity index (χ1) is 16.1. The molecule has 33 heavy (non-hydrogen) atoms. The van der Waals surface area contributed by atoms with E-state index >= 15 is 0 Å². The Hall–Kier alpha value is -1.10. The van der Waals surface area contributed by atoms with E-state index in [0.29, 0.717) is 23.4 Å². The van der Waals surface area contributed by atoms with E-state index in [1.54, 1.807) is 5.56 Å². The number of hydrogen-bond acceptors (Lipinski definition) is 4. The first kappa shape index (κ1) is 22.4. The highest BCUT2D eigenvalue weighted by Gasteiger charge is 2.56. The predicted octanol–water partition coefficient (Wildman–Crippen LogP) is 6.92. The van der Waals surface area contributed by atoms with Crippen molar-refractivity contribution < 1.29 is 18.9 Å². The van der Waals surface area contributed by atoms with Crippen LogP contribution in [0.5, 0.6) is 5.75 Å². The van der Waals surface area contributed by atoms with Crippen molar-refractivity contribution in [2.24, 2.45) is 17.3 Å². The molecule has 2 aliphatic heterocycles. The summed E-state index contributed by atoms with van der Waals surface area (Å²) in [4.78, 5) is 0. The molecule has 0 radical (unpaired) electrons. The Morgan fingerprint density at radius 2 is 1.67 bits per heavy atom. The Balaban J connectivity index is 1.19. The van der Waals surface area contributed by atoms with Gasteiger partial charge in [-0.1, -0.05) is 19.9 Å². The van der Waals surface area contributed by atoms with Gasteiger partial charge in [0.2, 0.25) is 0 Å². The fourth-order valence-corrected chi connectivity index (χ4v) is 8.06. The van der Waals surface area contributed by atoms with Crippen molar-refractivity contribution in [1.29, 1.82) is 0 Å². The average Bonchev–Trinajstić information content (AvgIpc) is 3.17. The minimum Gasteiger partial charge on any atom is -0.465 e. The number of benzene rings is 1. The van der Waals surface area contributed by atoms with Gasteiger partial charge in [0.15, 0.2) is 12.6 Å². The number of ether oxygens (including phenoxy) is 4. The van der Waals surface area contributed by atoms with Crippen LogP contribution >= 0.6 is 0 Å². The summed E-state index contributed by atoms with van der Waals surface area (Å²) >= 11 is 0. The van der Waals surface area contributed by atoms with Gasteiger partial charge >= 0.3 is 0 Å². The van der Waals surface area contributed by atoms with Gasteiger partial charge < -0.3 is 18.9 Å². The Bertz CT molecular complexity index is 827. The van der Waals surface area contributed by atoms with E-state index in [2.05, 4.69) is 32.0 Å². The lowest BCUT2D eigenvalue weighted by Gasteiger charge is -2.52. The number of fused-ring (bicyclic) bond motifs is 5. The summed E-state index contributed by atoms with van der Waals surface area (Å²) in [7, 11) is 0. The molecule has 4 nitrogen and oxygen atoms in total. The highest BCUT2D eigenvalue weighted by atomic mass is 16.7. The van der Waals surface area contributed by atoms with Crippen LogP contribution in [0.15, 0.2) is 18.2 Å². The van der Waals surface area contributed by atoms with E-state index in [4.69, 9.17) is 18.9 Å². The van der Waals surface area contributed by atoms with Crippen molar-refractivity contribution in [2.45, 2.75) is 115 Å². The molecule has 4 fully saturated rings. The second kappa shape index (κ2) is 9.17. The molecular formula is C29H42O4. The summed E-state index contributed by atoms with van der Waals surface area (Å²) in [5.74, 6) is 3.82. The van der Waals surface area contributed by atoms with Crippen molar-refractivity contribution in [3.8, 4) is 5.75 Å². The molecule has 8 atom stereocenters. The van der Waals surface area contributed by atoms with Gasteiger partial charge in [-0.05, 0) is 117 Å². The zero-order valence-corrected chi connectivity index (χ0v) is 20.6. The lowest BCUT2D eigenvalue weighted by Crippen LogP contribution is -2.46. The van der Waals surface area contributed by atoms with Crippen molar-refractivity contribution in [1.82, 2.24) is 0 Å². The van der Waals surface area contributed by atoms with Gasteiger partial charge in [0.05, 0.1) is 12.7 Å². The Morgan fingerprint density at radius 3 is 2.42 bits per heavy atom. The van der Waals surface area contributed by atoms with Crippen molar-refractivity contribution in [3.63, 3.8) is 0 Å². The summed E-state index contributed by atoms with van der Waals surface area (Å²) in [6, 6.07) is 6.94. The van der Waals surface area contributed by atoms with Gasteiger partial charge in [0, 0.05) is 13.0 Å². The van der Waals surface area contributed by atoms with Crippen LogP contribution in [0.2, 0.25) is 0 Å². The molecule has 5 aliphatic rings. The summed E-state index contributed by atoms with van der Waals surface area (Å²) in [6.07, 6.45) is 13.6. The molecule has 3 aliphatic carbocycles. The third-order valence-corrected chi connectivity index (χ3v) is 9.82. The zero-order chi connectivity index (χ0) is 22.4. The summed E-state index contributed by atoms with van der Waals surface area (Å²) in [5.41, 5.74) is 3.42. The molecule has 1 aromatic rings. The minimum atomic E-state index is -0.0672.